The van der Waals surface area contributed by atoms with E-state index < -0.39 is 81.0 Å². The second-order valence-electron chi connectivity index (χ2n) is 8.46. The van der Waals surface area contributed by atoms with Crippen molar-refractivity contribution >= 4 is 11.7 Å². The van der Waals surface area contributed by atoms with Crippen molar-refractivity contribution in [1.29, 1.82) is 0 Å². The quantitative estimate of drug-likeness (QED) is 0.164. The summed E-state index contributed by atoms with van der Waals surface area (Å²) in [6.45, 7) is -1.53. The number of amidine groups is 1. The van der Waals surface area contributed by atoms with Gasteiger partial charge in [-0.3, -0.25) is 10.6 Å². The van der Waals surface area contributed by atoms with Crippen LogP contribution in [-0.4, -0.2) is 118 Å². The van der Waals surface area contributed by atoms with Crippen LogP contribution in [0, 0.1) is 0 Å². The molecule has 194 valence electrons. The van der Waals surface area contributed by atoms with E-state index in [0.717, 1.165) is 18.6 Å². The van der Waals surface area contributed by atoms with Gasteiger partial charge in [0.1, 0.15) is 36.6 Å². The second kappa shape index (κ2) is 9.76. The molecule has 2 saturated heterocycles. The summed E-state index contributed by atoms with van der Waals surface area (Å²) in [5, 5.41) is 70.3. The fourth-order valence-electron chi connectivity index (χ4n) is 4.28. The van der Waals surface area contributed by atoms with Crippen LogP contribution in [0.2, 0.25) is 0 Å². The van der Waals surface area contributed by atoms with E-state index in [1.54, 1.807) is 0 Å². The summed E-state index contributed by atoms with van der Waals surface area (Å²) < 4.78 is 14.0. The Hall–Kier alpha value is -2.67. The molecule has 16 heteroatoms. The zero-order valence-electron chi connectivity index (χ0n) is 18.4. The highest BCUT2D eigenvalue weighted by molar-refractivity contribution is 5.87. The maximum absolute atomic E-state index is 13.2. The predicted molar refractivity (Wildman–Crippen MR) is 113 cm³/mol. The highest BCUT2D eigenvalue weighted by Gasteiger charge is 2.49. The molecule has 0 spiro atoms. The van der Waals surface area contributed by atoms with Crippen LogP contribution >= 0.6 is 0 Å². The standard InChI is InChI=1S/C19H28N6O10/c20-10-1-3-22(16-14(30)12(28)8(5-26)34-16)18(32)24(10)7-25-11(21)2-4-23(19(25)33)17-15(31)13(29)9(6-27)35-17/h1-4,8-9,12-18,20-21,26-32H,5-7H2/p+2/t8-,9-,12-,13-,14-,15-,16-,17-,18?/m1/s1. The lowest BCUT2D eigenvalue weighted by molar-refractivity contribution is -0.878. The summed E-state index contributed by atoms with van der Waals surface area (Å²) >= 11 is 0. The molecule has 1 unspecified atom stereocenters. The Kier molecular flexibility index (Phi) is 7.09. The van der Waals surface area contributed by atoms with Gasteiger partial charge in [0.2, 0.25) is 18.7 Å². The SMILES string of the molecule is NC1=[N+](C[n+]2c(N)ccn([C@@H]3O[C@H](CO)[C@@H](O)[C@H]3O)c2=O)C(O)N([C@@H]2O[C@H](CO)[C@@H](O)[C@H]2O)C=C1. The summed E-state index contributed by atoms with van der Waals surface area (Å²) in [4.78, 5) is 14.4. The van der Waals surface area contributed by atoms with E-state index in [1.807, 2.05) is 0 Å². The Balaban J connectivity index is 1.62. The molecule has 0 amide bonds. The summed E-state index contributed by atoms with van der Waals surface area (Å²) in [7, 11) is 0. The van der Waals surface area contributed by atoms with Gasteiger partial charge < -0.3 is 51.0 Å². The third-order valence-corrected chi connectivity index (χ3v) is 6.36. The Morgan fingerprint density at radius 3 is 2.06 bits per heavy atom. The average molecular weight is 502 g/mol. The normalized spacial score (nSPS) is 37.5. The predicted octanol–water partition coefficient (Wildman–Crippen LogP) is -6.80. The number of aromatic nitrogens is 2. The van der Waals surface area contributed by atoms with Crippen LogP contribution < -0.4 is 21.7 Å². The maximum Gasteiger partial charge on any atom is 0.448 e. The molecule has 11 N–H and O–H groups in total. The fraction of sp³-hybridized carbons (Fsp3) is 0.632. The largest absolute Gasteiger partial charge is 0.448 e. The van der Waals surface area contributed by atoms with Crippen LogP contribution in [0.25, 0.3) is 0 Å². The Labute approximate surface area is 198 Å². The first-order valence-corrected chi connectivity index (χ1v) is 10.8. The molecule has 2 fully saturated rings. The van der Waals surface area contributed by atoms with Crippen LogP contribution in [0.1, 0.15) is 6.23 Å². The maximum atomic E-state index is 13.2. The van der Waals surface area contributed by atoms with Gasteiger partial charge in [-0.25, -0.2) is 9.36 Å². The summed E-state index contributed by atoms with van der Waals surface area (Å²) in [5.41, 5.74) is 11.2. The van der Waals surface area contributed by atoms with Crippen LogP contribution in [0.4, 0.5) is 5.82 Å². The minimum Gasteiger partial charge on any atom is -0.394 e. The van der Waals surface area contributed by atoms with E-state index in [-0.39, 0.29) is 11.7 Å². The van der Waals surface area contributed by atoms with Gasteiger partial charge in [-0.2, -0.15) is 9.14 Å². The molecule has 0 bridgehead atoms. The summed E-state index contributed by atoms with van der Waals surface area (Å²) in [6.07, 6.45) is -8.17. The number of nitrogens with zero attached hydrogens (tertiary/aromatic N) is 4. The lowest BCUT2D eigenvalue weighted by Crippen LogP contribution is -2.64. The highest BCUT2D eigenvalue weighted by atomic mass is 16.6. The van der Waals surface area contributed by atoms with Crippen molar-refractivity contribution in [3.63, 3.8) is 0 Å². The minimum absolute atomic E-state index is 0.0233. The van der Waals surface area contributed by atoms with E-state index in [0.29, 0.717) is 0 Å². The molecule has 1 aromatic rings. The van der Waals surface area contributed by atoms with Crippen LogP contribution in [0.15, 0.2) is 29.3 Å². The van der Waals surface area contributed by atoms with Crippen molar-refractivity contribution in [2.24, 2.45) is 5.73 Å². The van der Waals surface area contributed by atoms with Crippen molar-refractivity contribution in [2.75, 3.05) is 18.9 Å². The monoisotopic (exact) mass is 502 g/mol. The Morgan fingerprint density at radius 1 is 0.914 bits per heavy atom. The van der Waals surface area contributed by atoms with E-state index in [1.165, 1.54) is 24.5 Å². The molecular formula is C19H30N6O10+2. The Morgan fingerprint density at radius 2 is 1.49 bits per heavy atom. The number of nitrogens with two attached hydrogens (primary N) is 2. The van der Waals surface area contributed by atoms with E-state index in [2.05, 4.69) is 0 Å². The molecule has 0 aromatic carbocycles. The molecule has 1 aromatic heterocycles. The fourth-order valence-corrected chi connectivity index (χ4v) is 4.28. The first kappa shape index (κ1) is 25.4. The van der Waals surface area contributed by atoms with Gasteiger partial charge >= 0.3 is 5.69 Å². The highest BCUT2D eigenvalue weighted by Crippen LogP contribution is 2.28. The minimum atomic E-state index is -1.59. The first-order chi connectivity index (χ1) is 16.6. The molecule has 3 aliphatic rings. The van der Waals surface area contributed by atoms with Crippen LogP contribution in [0.5, 0.6) is 0 Å². The molecule has 9 atom stereocenters. The van der Waals surface area contributed by atoms with E-state index in [9.17, 15) is 40.5 Å². The number of ether oxygens (including phenoxy) is 2. The molecule has 35 heavy (non-hydrogen) atoms. The smallest absolute Gasteiger partial charge is 0.394 e. The number of nitrogen functional groups attached to an aromatic ring is 1. The number of aliphatic hydroxyl groups is 7. The van der Waals surface area contributed by atoms with Crippen LogP contribution in [0.3, 0.4) is 0 Å². The lowest BCUT2D eigenvalue weighted by Gasteiger charge is -2.34. The summed E-state index contributed by atoms with van der Waals surface area (Å²) in [5.74, 6) is -0.0119. The van der Waals surface area contributed by atoms with E-state index in [4.69, 9.17) is 20.9 Å². The molecule has 0 saturated carbocycles. The van der Waals surface area contributed by atoms with Crippen molar-refractivity contribution in [3.05, 3.63) is 35.0 Å². The number of hydrogen-bond donors (Lipinski definition) is 9. The van der Waals surface area contributed by atoms with Gasteiger partial charge in [-0.1, -0.05) is 0 Å². The number of rotatable bonds is 6. The molecule has 4 rings (SSSR count). The molecule has 16 nitrogen and oxygen atoms in total. The molecule has 3 aliphatic heterocycles. The number of aliphatic hydroxyl groups excluding tert-OH is 7. The average Bonchev–Trinajstić information content (AvgIpc) is 3.28. The van der Waals surface area contributed by atoms with Gasteiger partial charge in [0.05, 0.1) is 19.4 Å². The molecule has 4 heterocycles. The van der Waals surface area contributed by atoms with Gasteiger partial charge in [0, 0.05) is 18.3 Å². The first-order valence-electron chi connectivity index (χ1n) is 10.8. The number of hydrogen-bond acceptors (Lipinski definition) is 13. The van der Waals surface area contributed by atoms with Crippen LogP contribution in [-0.2, 0) is 16.1 Å². The third kappa shape index (κ3) is 4.28. The molecular weight excluding hydrogens is 472 g/mol. The topological polar surface area (TPSA) is 244 Å². The van der Waals surface area contributed by atoms with Gasteiger partial charge in [0.25, 0.3) is 12.2 Å². The van der Waals surface area contributed by atoms with Gasteiger partial charge in [0.15, 0.2) is 6.23 Å². The van der Waals surface area contributed by atoms with Crippen molar-refractivity contribution < 1.29 is 54.4 Å². The van der Waals surface area contributed by atoms with Gasteiger partial charge in [-0.05, 0) is 0 Å². The third-order valence-electron chi connectivity index (χ3n) is 6.36. The van der Waals surface area contributed by atoms with Crippen molar-refractivity contribution in [3.8, 4) is 0 Å². The second-order valence-corrected chi connectivity index (χ2v) is 8.46. The van der Waals surface area contributed by atoms with Crippen molar-refractivity contribution in [2.45, 2.75) is 62.1 Å². The van der Waals surface area contributed by atoms with E-state index >= 15 is 0 Å². The zero-order chi connectivity index (χ0) is 25.6. The zero-order valence-corrected chi connectivity index (χ0v) is 18.4. The summed E-state index contributed by atoms with van der Waals surface area (Å²) in [6, 6.07) is 1.34. The lowest BCUT2D eigenvalue weighted by atomic mass is 10.1. The van der Waals surface area contributed by atoms with Gasteiger partial charge in [-0.15, -0.1) is 0 Å². The molecule has 0 aliphatic carbocycles. The molecule has 0 radical (unpaired) electrons. The van der Waals surface area contributed by atoms with Crippen molar-refractivity contribution in [1.82, 2.24) is 9.47 Å². The Bertz CT molecular complexity index is 1070. The number of anilines is 1.